The highest BCUT2D eigenvalue weighted by Crippen LogP contribution is 2.49. The number of hydrogen-bond donors (Lipinski definition) is 0. The first-order valence-corrected chi connectivity index (χ1v) is 20.5. The molecule has 0 aliphatic carbocycles. The first-order chi connectivity index (χ1) is 29.7. The van der Waals surface area contributed by atoms with Crippen LogP contribution in [0.2, 0.25) is 0 Å². The highest BCUT2D eigenvalue weighted by molar-refractivity contribution is 6.21. The molecular formula is C55H37N5. The van der Waals surface area contributed by atoms with E-state index >= 15 is 0 Å². The zero-order valence-corrected chi connectivity index (χ0v) is 33.1. The molecule has 0 atom stereocenters. The van der Waals surface area contributed by atoms with Crippen LogP contribution in [0.3, 0.4) is 0 Å². The third-order valence-corrected chi connectivity index (χ3v) is 12.5. The van der Waals surface area contributed by atoms with Crippen molar-refractivity contribution in [2.45, 2.75) is 13.8 Å². The normalized spacial score (nSPS) is 12.1. The van der Waals surface area contributed by atoms with Gasteiger partial charge in [0.15, 0.2) is 0 Å². The lowest BCUT2D eigenvalue weighted by Gasteiger charge is -2.25. The fourth-order valence-corrected chi connectivity index (χ4v) is 10.2. The third-order valence-electron chi connectivity index (χ3n) is 12.5. The van der Waals surface area contributed by atoms with Crippen LogP contribution in [0.25, 0.3) is 105 Å². The number of nitriles is 1. The topological polar surface area (TPSA) is 43.5 Å². The molecular weight excluding hydrogens is 731 g/mol. The number of hydrogen-bond acceptors (Lipinski definition) is 1. The Morgan fingerprint density at radius 1 is 0.417 bits per heavy atom. The van der Waals surface area contributed by atoms with Gasteiger partial charge in [0, 0.05) is 54.6 Å². The minimum Gasteiger partial charge on any atom is -0.309 e. The maximum absolute atomic E-state index is 12.0. The zero-order valence-electron chi connectivity index (χ0n) is 33.1. The predicted octanol–water partition coefficient (Wildman–Crippen LogP) is 14.1. The summed E-state index contributed by atoms with van der Waals surface area (Å²) in [5, 5.41) is 19.7. The van der Waals surface area contributed by atoms with E-state index in [9.17, 15) is 5.26 Å². The predicted molar refractivity (Wildman–Crippen MR) is 250 cm³/mol. The molecule has 4 heterocycles. The largest absolute Gasteiger partial charge is 0.309 e. The lowest BCUT2D eigenvalue weighted by atomic mass is 10.00. The van der Waals surface area contributed by atoms with Gasteiger partial charge in [-0.15, -0.1) is 0 Å². The second-order valence-corrected chi connectivity index (χ2v) is 15.5. The van der Waals surface area contributed by atoms with Crippen molar-refractivity contribution in [1.29, 1.82) is 5.26 Å². The average Bonchev–Trinajstić information content (AvgIpc) is 4.01. The molecule has 0 aliphatic heterocycles. The number of rotatable bonds is 5. The van der Waals surface area contributed by atoms with Gasteiger partial charge < -0.3 is 18.3 Å². The molecule has 5 nitrogen and oxygen atoms in total. The van der Waals surface area contributed by atoms with Gasteiger partial charge in [0.2, 0.25) is 0 Å². The second-order valence-electron chi connectivity index (χ2n) is 15.5. The molecule has 0 amide bonds. The van der Waals surface area contributed by atoms with Gasteiger partial charge in [-0.3, -0.25) is 0 Å². The summed E-state index contributed by atoms with van der Waals surface area (Å²) in [5.74, 6) is 0. The van der Waals surface area contributed by atoms with Crippen molar-refractivity contribution in [3.05, 3.63) is 199 Å². The molecule has 5 heteroatoms. The summed E-state index contributed by atoms with van der Waals surface area (Å²) < 4.78 is 9.67. The van der Waals surface area contributed by atoms with Crippen LogP contribution in [-0.2, 0) is 0 Å². The van der Waals surface area contributed by atoms with Gasteiger partial charge in [-0.05, 0) is 62.4 Å². The van der Waals surface area contributed by atoms with Crippen LogP contribution in [0.4, 0.5) is 0 Å². The molecule has 0 N–H and O–H groups in total. The van der Waals surface area contributed by atoms with Gasteiger partial charge in [0.05, 0.1) is 61.2 Å². The fraction of sp³-hybridized carbons (Fsp3) is 0.0364. The van der Waals surface area contributed by atoms with Crippen molar-refractivity contribution in [3.8, 4) is 28.8 Å². The molecule has 0 aliphatic rings. The maximum Gasteiger partial charge on any atom is 0.102 e. The Kier molecular flexibility index (Phi) is 7.35. The van der Waals surface area contributed by atoms with E-state index in [4.69, 9.17) is 0 Å². The summed E-state index contributed by atoms with van der Waals surface area (Å²) in [7, 11) is 0. The number of nitrogens with zero attached hydrogens (tertiary/aromatic N) is 5. The lowest BCUT2D eigenvalue weighted by molar-refractivity contribution is 0.990. The van der Waals surface area contributed by atoms with Crippen LogP contribution < -0.4 is 0 Å². The van der Waals surface area contributed by atoms with Gasteiger partial charge in [0.25, 0.3) is 0 Å². The van der Waals surface area contributed by atoms with Crippen LogP contribution in [0, 0.1) is 18.3 Å². The summed E-state index contributed by atoms with van der Waals surface area (Å²) >= 11 is 0. The van der Waals surface area contributed by atoms with Gasteiger partial charge in [-0.2, -0.15) is 5.26 Å². The molecule has 12 rings (SSSR count). The first kappa shape index (κ1) is 34.0. The number of allylic oxidation sites excluding steroid dienone is 1. The van der Waals surface area contributed by atoms with E-state index < -0.39 is 0 Å². The fourth-order valence-electron chi connectivity index (χ4n) is 10.2. The average molecular weight is 768 g/mol. The van der Waals surface area contributed by atoms with E-state index in [0.29, 0.717) is 5.56 Å². The van der Waals surface area contributed by atoms with Crippen LogP contribution in [0.5, 0.6) is 0 Å². The van der Waals surface area contributed by atoms with Crippen molar-refractivity contribution >= 4 is 82.4 Å². The Morgan fingerprint density at radius 3 is 1.30 bits per heavy atom. The summed E-state index contributed by atoms with van der Waals surface area (Å²) in [4.78, 5) is 0. The molecule has 0 fully saturated rings. The Hall–Kier alpha value is -8.07. The SMILES string of the molecule is C/C=C\c1c(C)n(-c2c(-n3c4ccccc4c4ccccc43)c(C#N)c3c4ccccc4n(-c4ccccc4)c3c2-n2c3ccccc3c3ccccc32)c2ccccc12. The van der Waals surface area contributed by atoms with E-state index in [2.05, 4.69) is 226 Å². The van der Waals surface area contributed by atoms with E-state index in [1.807, 2.05) is 0 Å². The van der Waals surface area contributed by atoms with E-state index in [1.54, 1.807) is 0 Å². The van der Waals surface area contributed by atoms with Crippen LogP contribution in [-0.4, -0.2) is 18.3 Å². The summed E-state index contributed by atoms with van der Waals surface area (Å²) in [6.45, 7) is 4.31. The summed E-state index contributed by atoms with van der Waals surface area (Å²) in [5.41, 5.74) is 14.0. The van der Waals surface area contributed by atoms with E-state index in [0.717, 1.165) is 99.6 Å². The summed E-state index contributed by atoms with van der Waals surface area (Å²) in [6, 6.07) is 65.5. The third kappa shape index (κ3) is 4.50. The van der Waals surface area contributed by atoms with Crippen LogP contribution in [0.15, 0.2) is 182 Å². The van der Waals surface area contributed by atoms with Crippen molar-refractivity contribution in [2.75, 3.05) is 0 Å². The minimum atomic E-state index is 0.617. The summed E-state index contributed by atoms with van der Waals surface area (Å²) in [6.07, 6.45) is 4.34. The minimum absolute atomic E-state index is 0.617. The monoisotopic (exact) mass is 767 g/mol. The van der Waals surface area contributed by atoms with E-state index in [-0.39, 0.29) is 0 Å². The van der Waals surface area contributed by atoms with Crippen LogP contribution in [0.1, 0.15) is 23.7 Å². The molecule has 0 unspecified atom stereocenters. The molecule has 4 aromatic heterocycles. The van der Waals surface area contributed by atoms with Gasteiger partial charge in [-0.25, -0.2) is 0 Å². The Morgan fingerprint density at radius 2 is 0.817 bits per heavy atom. The van der Waals surface area contributed by atoms with Crippen molar-refractivity contribution in [2.24, 2.45) is 0 Å². The number of fused-ring (bicyclic) bond motifs is 10. The van der Waals surface area contributed by atoms with Crippen molar-refractivity contribution in [3.63, 3.8) is 0 Å². The Labute approximate surface area is 346 Å². The van der Waals surface area contributed by atoms with E-state index in [1.165, 1.54) is 10.8 Å². The molecule has 12 aromatic rings. The molecule has 0 saturated carbocycles. The van der Waals surface area contributed by atoms with Gasteiger partial charge in [-0.1, -0.05) is 140 Å². The standard InChI is InChI=1S/C55H37N5/c1-3-19-37-35(2)57(45-28-13-7-22-38(37)45)54-52(59-46-29-14-8-23-39(46)40-24-9-15-30-47(40)59)44(34-56)51-43-27-12-18-33-50(43)58(36-20-5-4-6-21-36)53(51)55(54)60-48-31-16-10-25-41(48)42-26-11-17-32-49(42)60/h3-33H,1-2H3/b19-3-. The maximum atomic E-state index is 12.0. The quantitative estimate of drug-likeness (QED) is 0.172. The second kappa shape index (κ2) is 13.0. The van der Waals surface area contributed by atoms with Gasteiger partial charge in [0.1, 0.15) is 6.07 Å². The Bertz CT molecular complexity index is 3700. The molecule has 60 heavy (non-hydrogen) atoms. The van der Waals surface area contributed by atoms with Crippen molar-refractivity contribution in [1.82, 2.24) is 18.3 Å². The number of benzene rings is 8. The molecule has 0 spiro atoms. The zero-order chi connectivity index (χ0) is 40.1. The molecule has 282 valence electrons. The molecule has 0 bridgehead atoms. The molecule has 0 radical (unpaired) electrons. The van der Waals surface area contributed by atoms with Crippen molar-refractivity contribution < 1.29 is 0 Å². The number of para-hydroxylation sites is 7. The smallest absolute Gasteiger partial charge is 0.102 e. The molecule has 0 saturated heterocycles. The van der Waals surface area contributed by atoms with Gasteiger partial charge >= 0.3 is 0 Å². The first-order valence-electron chi connectivity index (χ1n) is 20.5. The highest BCUT2D eigenvalue weighted by atomic mass is 15.1. The number of aromatic nitrogens is 4. The van der Waals surface area contributed by atoms with Crippen LogP contribution >= 0.6 is 0 Å². The lowest BCUT2D eigenvalue weighted by Crippen LogP contribution is -2.14. The highest BCUT2D eigenvalue weighted by Gasteiger charge is 2.33. The Balaban J connectivity index is 1.48. The molecule has 8 aromatic carbocycles.